The summed E-state index contributed by atoms with van der Waals surface area (Å²) in [6, 6.07) is 0. The average molecular weight is 202 g/mol. The van der Waals surface area contributed by atoms with Crippen LogP contribution in [-0.4, -0.2) is 16.8 Å². The molecule has 0 rings (SSSR count). The molecule has 0 aliphatic rings. The lowest BCUT2D eigenvalue weighted by atomic mass is 10.2. The minimum absolute atomic E-state index is 0.321. The number of hydrogen-bond donors (Lipinski definition) is 0. The fraction of sp³-hybridized carbons (Fsp3) is 0.909. The van der Waals surface area contributed by atoms with Gasteiger partial charge in [0.2, 0.25) is 0 Å². The lowest BCUT2D eigenvalue weighted by Crippen LogP contribution is -2.06. The van der Waals surface area contributed by atoms with Gasteiger partial charge in [-0.2, -0.15) is 11.8 Å². The van der Waals surface area contributed by atoms with Crippen molar-refractivity contribution in [1.82, 2.24) is 0 Å². The van der Waals surface area contributed by atoms with E-state index in [0.29, 0.717) is 5.78 Å². The van der Waals surface area contributed by atoms with E-state index in [2.05, 4.69) is 20.8 Å². The topological polar surface area (TPSA) is 17.1 Å². The van der Waals surface area contributed by atoms with Crippen molar-refractivity contribution in [3.63, 3.8) is 0 Å². The fourth-order valence-corrected chi connectivity index (χ4v) is 2.07. The summed E-state index contributed by atoms with van der Waals surface area (Å²) in [4.78, 5) is 10.6. The van der Waals surface area contributed by atoms with Crippen LogP contribution in [0.3, 0.4) is 0 Å². The summed E-state index contributed by atoms with van der Waals surface area (Å²) in [5, 5.41) is 0.748. The summed E-state index contributed by atoms with van der Waals surface area (Å²) >= 11 is 2.02. The third kappa shape index (κ3) is 8.35. The molecule has 0 aliphatic heterocycles. The van der Waals surface area contributed by atoms with E-state index in [1.54, 1.807) is 6.92 Å². The van der Waals surface area contributed by atoms with Gasteiger partial charge in [-0.1, -0.05) is 20.8 Å². The lowest BCUT2D eigenvalue weighted by molar-refractivity contribution is -0.117. The van der Waals surface area contributed by atoms with Crippen molar-refractivity contribution in [1.29, 1.82) is 0 Å². The van der Waals surface area contributed by atoms with E-state index < -0.39 is 0 Å². The Morgan fingerprint density at radius 3 is 2.31 bits per heavy atom. The van der Waals surface area contributed by atoms with Crippen LogP contribution in [0, 0.1) is 5.92 Å². The van der Waals surface area contributed by atoms with E-state index in [1.165, 1.54) is 12.2 Å². The van der Waals surface area contributed by atoms with Gasteiger partial charge in [-0.15, -0.1) is 0 Å². The molecule has 0 aliphatic carbocycles. The van der Waals surface area contributed by atoms with Crippen molar-refractivity contribution >= 4 is 17.5 Å². The monoisotopic (exact) mass is 202 g/mol. The number of carbonyl (C=O) groups excluding carboxylic acids is 1. The Labute approximate surface area is 86.7 Å². The van der Waals surface area contributed by atoms with Crippen LogP contribution in [0.25, 0.3) is 0 Å². The zero-order valence-corrected chi connectivity index (χ0v) is 10.1. The molecule has 0 saturated carbocycles. The van der Waals surface area contributed by atoms with Gasteiger partial charge in [-0.05, 0) is 31.4 Å². The molecule has 0 spiro atoms. The molecule has 0 aromatic rings. The van der Waals surface area contributed by atoms with Gasteiger partial charge < -0.3 is 4.79 Å². The quantitative estimate of drug-likeness (QED) is 0.588. The van der Waals surface area contributed by atoms with Gasteiger partial charge in [0, 0.05) is 11.7 Å². The zero-order chi connectivity index (χ0) is 10.3. The highest BCUT2D eigenvalue weighted by atomic mass is 32.2. The minimum atomic E-state index is 0.321. The van der Waals surface area contributed by atoms with Crippen molar-refractivity contribution in [2.75, 3.05) is 5.75 Å². The summed E-state index contributed by atoms with van der Waals surface area (Å²) in [6.07, 6.45) is 3.01. The predicted molar refractivity (Wildman–Crippen MR) is 61.3 cm³/mol. The highest BCUT2D eigenvalue weighted by Crippen LogP contribution is 2.19. The molecule has 0 aromatic heterocycles. The first kappa shape index (κ1) is 13.0. The van der Waals surface area contributed by atoms with Crippen LogP contribution in [-0.2, 0) is 4.79 Å². The largest absolute Gasteiger partial charge is 0.300 e. The van der Waals surface area contributed by atoms with E-state index in [1.807, 2.05) is 11.8 Å². The van der Waals surface area contributed by atoms with Gasteiger partial charge in [0.25, 0.3) is 0 Å². The molecule has 0 fully saturated rings. The van der Waals surface area contributed by atoms with Gasteiger partial charge in [-0.25, -0.2) is 0 Å². The molecule has 2 heteroatoms. The highest BCUT2D eigenvalue weighted by molar-refractivity contribution is 7.99. The molecule has 0 aromatic carbocycles. The maximum Gasteiger partial charge on any atom is 0.129 e. The normalized spacial score (nSPS) is 13.3. The molecule has 0 amide bonds. The Morgan fingerprint density at radius 1 is 1.23 bits per heavy atom. The van der Waals surface area contributed by atoms with Crippen LogP contribution < -0.4 is 0 Å². The summed E-state index contributed by atoms with van der Waals surface area (Å²) in [7, 11) is 0. The molecule has 0 N–H and O–H groups in total. The molecule has 1 unspecified atom stereocenters. The first-order valence-electron chi connectivity index (χ1n) is 5.15. The third-order valence-electron chi connectivity index (χ3n) is 2.24. The van der Waals surface area contributed by atoms with E-state index in [4.69, 9.17) is 0 Å². The van der Waals surface area contributed by atoms with Crippen LogP contribution >= 0.6 is 11.8 Å². The van der Waals surface area contributed by atoms with Crippen molar-refractivity contribution in [3.8, 4) is 0 Å². The number of ketones is 1. The summed E-state index contributed by atoms with van der Waals surface area (Å²) < 4.78 is 0. The number of rotatable bonds is 7. The Balaban J connectivity index is 3.21. The number of hydrogen-bond acceptors (Lipinski definition) is 2. The zero-order valence-electron chi connectivity index (χ0n) is 9.30. The molecule has 0 saturated heterocycles. The molecule has 13 heavy (non-hydrogen) atoms. The Hall–Kier alpha value is 0.0200. The van der Waals surface area contributed by atoms with E-state index in [9.17, 15) is 4.79 Å². The number of unbranched alkanes of at least 4 members (excludes halogenated alkanes) is 1. The fourth-order valence-electron chi connectivity index (χ4n) is 0.938. The maximum absolute atomic E-state index is 10.6. The Bertz CT molecular complexity index is 143. The third-order valence-corrected chi connectivity index (χ3v) is 3.84. The Kier molecular flexibility index (Phi) is 7.44. The van der Waals surface area contributed by atoms with Crippen LogP contribution in [0.15, 0.2) is 0 Å². The van der Waals surface area contributed by atoms with Gasteiger partial charge >= 0.3 is 0 Å². The average Bonchev–Trinajstić information content (AvgIpc) is 2.02. The molecular formula is C11H22OS. The molecule has 78 valence electrons. The molecule has 0 radical (unpaired) electrons. The molecule has 0 heterocycles. The SMILES string of the molecule is CC(=O)CCCCSC(C)C(C)C. The number of thioether (sulfide) groups is 1. The smallest absolute Gasteiger partial charge is 0.129 e. The predicted octanol–water partition coefficient (Wildman–Crippen LogP) is 3.52. The first-order chi connectivity index (χ1) is 6.04. The first-order valence-corrected chi connectivity index (χ1v) is 6.20. The van der Waals surface area contributed by atoms with E-state index in [0.717, 1.165) is 24.0 Å². The van der Waals surface area contributed by atoms with E-state index in [-0.39, 0.29) is 0 Å². The number of Topliss-reactive ketones (excluding diaryl/α,β-unsaturated/α-hetero) is 1. The van der Waals surface area contributed by atoms with Crippen LogP contribution in [0.2, 0.25) is 0 Å². The van der Waals surface area contributed by atoms with Crippen LogP contribution in [0.4, 0.5) is 0 Å². The molecule has 0 bridgehead atoms. The van der Waals surface area contributed by atoms with Gasteiger partial charge in [0.15, 0.2) is 0 Å². The summed E-state index contributed by atoms with van der Waals surface area (Å²) in [6.45, 7) is 8.46. The number of carbonyl (C=O) groups is 1. The standard InChI is InChI=1S/C11H22OS/c1-9(2)11(4)13-8-6-5-7-10(3)12/h9,11H,5-8H2,1-4H3. The second-order valence-corrected chi connectivity index (χ2v) is 5.46. The van der Waals surface area contributed by atoms with Gasteiger partial charge in [0.1, 0.15) is 5.78 Å². The highest BCUT2D eigenvalue weighted by Gasteiger charge is 2.06. The van der Waals surface area contributed by atoms with Crippen molar-refractivity contribution in [2.24, 2.45) is 5.92 Å². The van der Waals surface area contributed by atoms with Crippen LogP contribution in [0.1, 0.15) is 47.0 Å². The Morgan fingerprint density at radius 2 is 1.85 bits per heavy atom. The van der Waals surface area contributed by atoms with Crippen molar-refractivity contribution < 1.29 is 4.79 Å². The minimum Gasteiger partial charge on any atom is -0.300 e. The molecule has 1 atom stereocenters. The molecule has 1 nitrogen and oxygen atoms in total. The maximum atomic E-state index is 10.6. The van der Waals surface area contributed by atoms with Crippen molar-refractivity contribution in [2.45, 2.75) is 52.2 Å². The second-order valence-electron chi connectivity index (χ2n) is 3.98. The molecular weight excluding hydrogens is 180 g/mol. The van der Waals surface area contributed by atoms with Gasteiger partial charge in [-0.3, -0.25) is 0 Å². The lowest BCUT2D eigenvalue weighted by Gasteiger charge is -2.14. The summed E-state index contributed by atoms with van der Waals surface area (Å²) in [5.41, 5.74) is 0. The summed E-state index contributed by atoms with van der Waals surface area (Å²) in [5.74, 6) is 2.28. The second kappa shape index (κ2) is 7.43. The van der Waals surface area contributed by atoms with Crippen LogP contribution in [0.5, 0.6) is 0 Å². The van der Waals surface area contributed by atoms with Gasteiger partial charge in [0.05, 0.1) is 0 Å². The van der Waals surface area contributed by atoms with E-state index >= 15 is 0 Å². The van der Waals surface area contributed by atoms with Crippen molar-refractivity contribution in [3.05, 3.63) is 0 Å².